The van der Waals surface area contributed by atoms with E-state index in [2.05, 4.69) is 56.6 Å². The summed E-state index contributed by atoms with van der Waals surface area (Å²) in [6, 6.07) is 0.502. The minimum absolute atomic E-state index is 0.0825. The minimum Gasteiger partial charge on any atom is -0.378 e. The molecule has 1 aromatic heterocycles. The molecular formula is C14H23IN4O2. The van der Waals surface area contributed by atoms with Crippen LogP contribution in [0.2, 0.25) is 0 Å². The summed E-state index contributed by atoms with van der Waals surface area (Å²) in [5.41, 5.74) is 0.901. The summed E-state index contributed by atoms with van der Waals surface area (Å²) >= 11 is 2.25. The largest absolute Gasteiger partial charge is 0.378 e. The highest BCUT2D eigenvalue weighted by Crippen LogP contribution is 2.26. The second kappa shape index (κ2) is 7.66. The number of hydrogen-bond acceptors (Lipinski definition) is 6. The van der Waals surface area contributed by atoms with Crippen molar-refractivity contribution in [1.29, 1.82) is 0 Å². The average molecular weight is 406 g/mol. The fraction of sp³-hybridized carbons (Fsp3) is 0.714. The fourth-order valence-electron chi connectivity index (χ4n) is 2.35. The average Bonchev–Trinajstić information content (AvgIpc) is 2.49. The van der Waals surface area contributed by atoms with Crippen LogP contribution in [0.15, 0.2) is 0 Å². The van der Waals surface area contributed by atoms with Crippen molar-refractivity contribution in [1.82, 2.24) is 14.9 Å². The lowest BCUT2D eigenvalue weighted by molar-refractivity contribution is -0.0444. The van der Waals surface area contributed by atoms with Crippen molar-refractivity contribution in [2.75, 3.05) is 39.2 Å². The van der Waals surface area contributed by atoms with Crippen molar-refractivity contribution in [3.63, 3.8) is 0 Å². The first-order valence-electron chi connectivity index (χ1n) is 7.15. The van der Waals surface area contributed by atoms with E-state index in [4.69, 9.17) is 9.47 Å². The van der Waals surface area contributed by atoms with Gasteiger partial charge < -0.3 is 14.8 Å². The van der Waals surface area contributed by atoms with Crippen LogP contribution in [0.5, 0.6) is 0 Å². The number of rotatable bonds is 5. The Hall–Kier alpha value is -0.510. The molecule has 6 nitrogen and oxygen atoms in total. The van der Waals surface area contributed by atoms with E-state index in [0.717, 1.165) is 34.0 Å². The number of anilines is 1. The Balaban J connectivity index is 2.27. The lowest BCUT2D eigenvalue weighted by Crippen LogP contribution is -2.42. The van der Waals surface area contributed by atoms with Crippen LogP contribution in [0.25, 0.3) is 0 Å². The van der Waals surface area contributed by atoms with Gasteiger partial charge in [-0.15, -0.1) is 0 Å². The highest BCUT2D eigenvalue weighted by Gasteiger charge is 2.27. The van der Waals surface area contributed by atoms with E-state index < -0.39 is 0 Å². The van der Waals surface area contributed by atoms with E-state index in [1.807, 2.05) is 7.05 Å². The molecule has 1 saturated heterocycles. The molecule has 1 fully saturated rings. The van der Waals surface area contributed by atoms with Gasteiger partial charge in [-0.3, -0.25) is 4.90 Å². The summed E-state index contributed by atoms with van der Waals surface area (Å²) in [5.74, 6) is 1.56. The molecule has 0 aliphatic carbocycles. The first-order chi connectivity index (χ1) is 10.1. The first-order valence-corrected chi connectivity index (χ1v) is 8.23. The van der Waals surface area contributed by atoms with Crippen molar-refractivity contribution in [2.24, 2.45) is 0 Å². The number of aromatic nitrogens is 2. The maximum absolute atomic E-state index is 5.88. The number of morpholine rings is 1. The van der Waals surface area contributed by atoms with Crippen LogP contribution in [-0.2, 0) is 16.1 Å². The maximum atomic E-state index is 5.88. The van der Waals surface area contributed by atoms with Crippen molar-refractivity contribution in [2.45, 2.75) is 32.6 Å². The molecule has 0 radical (unpaired) electrons. The van der Waals surface area contributed by atoms with E-state index in [9.17, 15) is 0 Å². The quantitative estimate of drug-likeness (QED) is 0.756. The van der Waals surface area contributed by atoms with Gasteiger partial charge in [0, 0.05) is 33.3 Å². The number of ether oxygens (including phenoxy) is 2. The first kappa shape index (κ1) is 16.9. The van der Waals surface area contributed by atoms with Crippen LogP contribution >= 0.6 is 22.6 Å². The van der Waals surface area contributed by atoms with Gasteiger partial charge in [-0.2, -0.15) is 0 Å². The third kappa shape index (κ3) is 4.02. The van der Waals surface area contributed by atoms with Crippen molar-refractivity contribution in [3.8, 4) is 0 Å². The van der Waals surface area contributed by atoms with E-state index in [1.54, 1.807) is 7.11 Å². The lowest BCUT2D eigenvalue weighted by atomic mass is 10.2. The number of nitrogens with one attached hydrogen (secondary N) is 1. The summed E-state index contributed by atoms with van der Waals surface area (Å²) in [6.07, 6.45) is -0.0825. The Labute approximate surface area is 139 Å². The molecule has 1 unspecified atom stereocenters. The third-order valence-corrected chi connectivity index (χ3v) is 4.70. The van der Waals surface area contributed by atoms with Crippen LogP contribution in [0.4, 0.5) is 5.82 Å². The van der Waals surface area contributed by atoms with Crippen LogP contribution in [-0.4, -0.2) is 54.8 Å². The van der Waals surface area contributed by atoms with Gasteiger partial charge in [0.15, 0.2) is 5.82 Å². The SMILES string of the molecule is CNc1nc(C2CN(C(C)C)CCO2)nc(COC)c1I. The molecule has 0 saturated carbocycles. The van der Waals surface area contributed by atoms with Gasteiger partial charge in [0.2, 0.25) is 0 Å². The molecule has 0 spiro atoms. The molecule has 1 atom stereocenters. The Morgan fingerprint density at radius 3 is 2.86 bits per heavy atom. The molecule has 2 rings (SSSR count). The second-order valence-corrected chi connectivity index (χ2v) is 6.40. The zero-order valence-corrected chi connectivity index (χ0v) is 15.2. The standard InChI is InChI=1S/C14H23IN4O2/c1-9(2)19-5-6-21-11(7-19)13-17-10(8-20-4)12(15)14(16-3)18-13/h9,11H,5-8H2,1-4H3,(H,16,17,18). The number of halogens is 1. The predicted octanol–water partition coefficient (Wildman–Crippen LogP) is 2.05. The van der Waals surface area contributed by atoms with Gasteiger partial charge in [0.25, 0.3) is 0 Å². The Morgan fingerprint density at radius 1 is 1.48 bits per heavy atom. The third-order valence-electron chi connectivity index (χ3n) is 3.57. The molecule has 1 aromatic rings. The molecular weight excluding hydrogens is 383 g/mol. The summed E-state index contributed by atoms with van der Waals surface area (Å²) < 4.78 is 12.1. The van der Waals surface area contributed by atoms with Crippen LogP contribution in [0.1, 0.15) is 31.5 Å². The molecule has 0 amide bonds. The van der Waals surface area contributed by atoms with Gasteiger partial charge in [0.05, 0.1) is 22.5 Å². The topological polar surface area (TPSA) is 59.5 Å². The van der Waals surface area contributed by atoms with Gasteiger partial charge in [-0.1, -0.05) is 0 Å². The maximum Gasteiger partial charge on any atom is 0.161 e. The molecule has 1 N–H and O–H groups in total. The Bertz CT molecular complexity index is 484. The van der Waals surface area contributed by atoms with E-state index in [0.29, 0.717) is 19.3 Å². The normalized spacial score (nSPS) is 20.0. The highest BCUT2D eigenvalue weighted by atomic mass is 127. The van der Waals surface area contributed by atoms with Crippen molar-refractivity contribution in [3.05, 3.63) is 15.1 Å². The molecule has 0 bridgehead atoms. The van der Waals surface area contributed by atoms with Crippen LogP contribution in [0, 0.1) is 3.57 Å². The van der Waals surface area contributed by atoms with Crippen molar-refractivity contribution < 1.29 is 9.47 Å². The number of methoxy groups -OCH3 is 1. The molecule has 118 valence electrons. The Kier molecular flexibility index (Phi) is 6.15. The molecule has 7 heteroatoms. The monoisotopic (exact) mass is 406 g/mol. The van der Waals surface area contributed by atoms with Gasteiger partial charge in [-0.25, -0.2) is 9.97 Å². The molecule has 21 heavy (non-hydrogen) atoms. The minimum atomic E-state index is -0.0825. The second-order valence-electron chi connectivity index (χ2n) is 5.32. The predicted molar refractivity (Wildman–Crippen MR) is 90.4 cm³/mol. The molecule has 1 aliphatic heterocycles. The van der Waals surface area contributed by atoms with Gasteiger partial charge in [0.1, 0.15) is 11.9 Å². The zero-order valence-electron chi connectivity index (χ0n) is 13.0. The molecule has 2 heterocycles. The zero-order chi connectivity index (χ0) is 15.4. The van der Waals surface area contributed by atoms with Crippen molar-refractivity contribution >= 4 is 28.4 Å². The summed E-state index contributed by atoms with van der Waals surface area (Å²) in [5, 5.41) is 3.12. The fourth-order valence-corrected chi connectivity index (χ4v) is 3.02. The lowest BCUT2D eigenvalue weighted by Gasteiger charge is -2.35. The highest BCUT2D eigenvalue weighted by molar-refractivity contribution is 14.1. The van der Waals surface area contributed by atoms with E-state index in [1.165, 1.54) is 0 Å². The molecule has 0 aromatic carbocycles. The van der Waals surface area contributed by atoms with Gasteiger partial charge >= 0.3 is 0 Å². The summed E-state index contributed by atoms with van der Waals surface area (Å²) in [7, 11) is 3.54. The van der Waals surface area contributed by atoms with Gasteiger partial charge in [-0.05, 0) is 36.4 Å². The van der Waals surface area contributed by atoms with Crippen LogP contribution in [0.3, 0.4) is 0 Å². The molecule has 1 aliphatic rings. The van der Waals surface area contributed by atoms with E-state index in [-0.39, 0.29) is 6.10 Å². The van der Waals surface area contributed by atoms with E-state index >= 15 is 0 Å². The van der Waals surface area contributed by atoms with Crippen LogP contribution < -0.4 is 5.32 Å². The number of nitrogens with zero attached hydrogens (tertiary/aromatic N) is 3. The smallest absolute Gasteiger partial charge is 0.161 e. The summed E-state index contributed by atoms with van der Waals surface area (Å²) in [6.45, 7) is 7.38. The Morgan fingerprint density at radius 2 is 2.24 bits per heavy atom. The summed E-state index contributed by atoms with van der Waals surface area (Å²) in [4.78, 5) is 11.7. The number of hydrogen-bond donors (Lipinski definition) is 1.